The van der Waals surface area contributed by atoms with Crippen molar-refractivity contribution in [3.63, 3.8) is 0 Å². The highest BCUT2D eigenvalue weighted by atomic mass is 32.2. The Hall–Kier alpha value is -3.49. The van der Waals surface area contributed by atoms with Gasteiger partial charge in [-0.15, -0.1) is 0 Å². The van der Waals surface area contributed by atoms with Crippen LogP contribution in [0.25, 0.3) is 0 Å². The summed E-state index contributed by atoms with van der Waals surface area (Å²) in [6.07, 6.45) is 0.759. The number of carbonyl (C=O) groups excluding carboxylic acids is 2. The molecule has 0 radical (unpaired) electrons. The second kappa shape index (κ2) is 9.17. The fourth-order valence-electron chi connectivity index (χ4n) is 3.74. The Morgan fingerprint density at radius 1 is 0.970 bits per heavy atom. The molecule has 0 aromatic heterocycles. The fourth-order valence-corrected chi connectivity index (χ4v) is 4.98. The second-order valence-corrected chi connectivity index (χ2v) is 9.85. The van der Waals surface area contributed by atoms with Crippen molar-refractivity contribution < 1.29 is 18.0 Å². The van der Waals surface area contributed by atoms with Crippen molar-refractivity contribution in [2.45, 2.75) is 37.6 Å². The number of hydrogen-bond donors (Lipinski definition) is 3. The molecule has 33 heavy (non-hydrogen) atoms. The van der Waals surface area contributed by atoms with Gasteiger partial charge in [0.2, 0.25) is 21.8 Å². The van der Waals surface area contributed by atoms with Gasteiger partial charge in [0.05, 0.1) is 4.90 Å². The number of fused-ring (bicyclic) bond motifs is 1. The summed E-state index contributed by atoms with van der Waals surface area (Å²) in [4.78, 5) is 24.9. The number of carbonyl (C=O) groups is 2. The number of benzene rings is 3. The Morgan fingerprint density at radius 3 is 2.48 bits per heavy atom. The highest BCUT2D eigenvalue weighted by Gasteiger charge is 2.28. The van der Waals surface area contributed by atoms with Gasteiger partial charge in [-0.3, -0.25) is 9.59 Å². The second-order valence-electron chi connectivity index (χ2n) is 8.14. The number of nitrogens with one attached hydrogen (secondary N) is 3. The van der Waals surface area contributed by atoms with E-state index in [4.69, 9.17) is 0 Å². The largest absolute Gasteiger partial charge is 0.326 e. The molecule has 170 valence electrons. The minimum atomic E-state index is -4.03. The van der Waals surface area contributed by atoms with Crippen LogP contribution in [0, 0.1) is 13.8 Å². The van der Waals surface area contributed by atoms with Crippen LogP contribution < -0.4 is 15.4 Å². The van der Waals surface area contributed by atoms with Gasteiger partial charge >= 0.3 is 0 Å². The number of amides is 2. The minimum Gasteiger partial charge on any atom is -0.326 e. The molecule has 0 saturated heterocycles. The molecule has 8 heteroatoms. The van der Waals surface area contributed by atoms with E-state index >= 15 is 0 Å². The van der Waals surface area contributed by atoms with E-state index in [0.717, 1.165) is 16.7 Å². The van der Waals surface area contributed by atoms with Crippen LogP contribution in [0.3, 0.4) is 0 Å². The van der Waals surface area contributed by atoms with E-state index in [1.807, 2.05) is 32.0 Å². The standard InChI is InChI=1S/C25H25N3O4S/c1-16-8-9-17(2)22(14-16)27-25(30)24(18-6-4-3-5-7-18)28-33(31,32)20-11-12-21-19(15-20)10-13-23(29)26-21/h3-9,11-12,14-15,24,28H,10,13H2,1-2H3,(H,26,29)(H,27,30)/t24-/m1/s1. The van der Waals surface area contributed by atoms with Crippen LogP contribution in [0.5, 0.6) is 0 Å². The number of rotatable bonds is 6. The van der Waals surface area contributed by atoms with E-state index in [-0.39, 0.29) is 10.8 Å². The molecule has 3 N–H and O–H groups in total. The summed E-state index contributed by atoms with van der Waals surface area (Å²) in [7, 11) is -4.03. The molecule has 2 amide bonds. The normalized spacial score (nSPS) is 14.2. The van der Waals surface area contributed by atoms with Gasteiger partial charge in [-0.2, -0.15) is 4.72 Å². The summed E-state index contributed by atoms with van der Waals surface area (Å²) in [5, 5.41) is 5.61. The first-order valence-corrected chi connectivity index (χ1v) is 12.1. The highest BCUT2D eigenvalue weighted by molar-refractivity contribution is 7.89. The molecule has 3 aromatic carbocycles. The quantitative estimate of drug-likeness (QED) is 0.516. The zero-order chi connectivity index (χ0) is 23.6. The van der Waals surface area contributed by atoms with Crippen molar-refractivity contribution in [2.75, 3.05) is 10.6 Å². The summed E-state index contributed by atoms with van der Waals surface area (Å²) >= 11 is 0. The smallest absolute Gasteiger partial charge is 0.247 e. The van der Waals surface area contributed by atoms with Gasteiger partial charge in [0.15, 0.2) is 0 Å². The van der Waals surface area contributed by atoms with E-state index in [1.165, 1.54) is 6.07 Å². The maximum Gasteiger partial charge on any atom is 0.247 e. The summed E-state index contributed by atoms with van der Waals surface area (Å²) in [5.74, 6) is -0.577. The molecule has 0 saturated carbocycles. The molecule has 0 fully saturated rings. The third kappa shape index (κ3) is 5.13. The fraction of sp³-hybridized carbons (Fsp3) is 0.200. The SMILES string of the molecule is Cc1ccc(C)c(NC(=O)[C@H](NS(=O)(=O)c2ccc3c(c2)CCC(=O)N3)c2ccccc2)c1. The monoisotopic (exact) mass is 463 g/mol. The molecule has 1 aliphatic rings. The van der Waals surface area contributed by atoms with Gasteiger partial charge in [0.1, 0.15) is 6.04 Å². The van der Waals surface area contributed by atoms with Crippen molar-refractivity contribution in [3.05, 3.63) is 89.0 Å². The molecule has 0 bridgehead atoms. The number of sulfonamides is 1. The molecule has 0 unspecified atom stereocenters. The molecular weight excluding hydrogens is 438 g/mol. The van der Waals surface area contributed by atoms with Crippen LogP contribution in [-0.2, 0) is 26.0 Å². The molecule has 7 nitrogen and oxygen atoms in total. The summed E-state index contributed by atoms with van der Waals surface area (Å²) < 4.78 is 29.1. The first kappa shape index (κ1) is 22.7. The number of anilines is 2. The zero-order valence-corrected chi connectivity index (χ0v) is 19.2. The minimum absolute atomic E-state index is 0.0397. The van der Waals surface area contributed by atoms with Crippen LogP contribution in [0.1, 0.15) is 34.7 Å². The molecular formula is C25H25N3O4S. The Bertz CT molecular complexity index is 1320. The third-order valence-corrected chi connectivity index (χ3v) is 7.02. The lowest BCUT2D eigenvalue weighted by Crippen LogP contribution is -2.37. The topological polar surface area (TPSA) is 104 Å². The van der Waals surface area contributed by atoms with Crippen molar-refractivity contribution in [3.8, 4) is 0 Å². The summed E-state index contributed by atoms with van der Waals surface area (Å²) in [6, 6.07) is 17.8. The van der Waals surface area contributed by atoms with Gasteiger partial charge in [0, 0.05) is 17.8 Å². The lowest BCUT2D eigenvalue weighted by Gasteiger charge is -2.21. The van der Waals surface area contributed by atoms with Crippen molar-refractivity contribution in [1.29, 1.82) is 0 Å². The molecule has 0 spiro atoms. The van der Waals surface area contributed by atoms with E-state index in [9.17, 15) is 18.0 Å². The molecule has 0 aliphatic carbocycles. The van der Waals surface area contributed by atoms with E-state index in [0.29, 0.717) is 29.8 Å². The van der Waals surface area contributed by atoms with Crippen molar-refractivity contribution in [1.82, 2.24) is 4.72 Å². The van der Waals surface area contributed by atoms with E-state index < -0.39 is 22.0 Å². The van der Waals surface area contributed by atoms with Crippen LogP contribution in [0.15, 0.2) is 71.6 Å². The average Bonchev–Trinajstić information content (AvgIpc) is 2.80. The van der Waals surface area contributed by atoms with Crippen molar-refractivity contribution in [2.24, 2.45) is 0 Å². The maximum atomic E-state index is 13.3. The van der Waals surface area contributed by atoms with Crippen LogP contribution in [0.2, 0.25) is 0 Å². The first-order chi connectivity index (χ1) is 15.7. The lowest BCUT2D eigenvalue weighted by molar-refractivity contribution is -0.118. The van der Waals surface area contributed by atoms with E-state index in [2.05, 4.69) is 15.4 Å². The van der Waals surface area contributed by atoms with Gasteiger partial charge < -0.3 is 10.6 Å². The predicted octanol–water partition coefficient (Wildman–Crippen LogP) is 3.85. The Morgan fingerprint density at radius 2 is 1.73 bits per heavy atom. The highest BCUT2D eigenvalue weighted by Crippen LogP contribution is 2.27. The maximum absolute atomic E-state index is 13.3. The van der Waals surface area contributed by atoms with Gasteiger partial charge in [0.25, 0.3) is 0 Å². The molecule has 4 rings (SSSR count). The van der Waals surface area contributed by atoms with E-state index in [1.54, 1.807) is 42.5 Å². The van der Waals surface area contributed by atoms with Gasteiger partial charge in [-0.1, -0.05) is 42.5 Å². The Kier molecular flexibility index (Phi) is 6.31. The predicted molar refractivity (Wildman–Crippen MR) is 127 cm³/mol. The molecule has 1 aliphatic heterocycles. The van der Waals surface area contributed by atoms with Crippen LogP contribution in [-0.4, -0.2) is 20.2 Å². The zero-order valence-electron chi connectivity index (χ0n) is 18.4. The molecule has 1 heterocycles. The number of hydrogen-bond acceptors (Lipinski definition) is 4. The van der Waals surface area contributed by atoms with Crippen molar-refractivity contribution >= 4 is 33.2 Å². The van der Waals surface area contributed by atoms with Gasteiger partial charge in [-0.05, 0) is 66.8 Å². The van der Waals surface area contributed by atoms with Crippen LogP contribution in [0.4, 0.5) is 11.4 Å². The third-order valence-electron chi connectivity index (χ3n) is 5.60. The average molecular weight is 464 g/mol. The summed E-state index contributed by atoms with van der Waals surface area (Å²) in [5.41, 5.74) is 4.36. The summed E-state index contributed by atoms with van der Waals surface area (Å²) in [6.45, 7) is 3.80. The Balaban J connectivity index is 1.65. The van der Waals surface area contributed by atoms with Crippen LogP contribution >= 0.6 is 0 Å². The molecule has 3 aromatic rings. The number of aryl methyl sites for hydroxylation is 3. The first-order valence-electron chi connectivity index (χ1n) is 10.6. The van der Waals surface area contributed by atoms with Gasteiger partial charge in [-0.25, -0.2) is 8.42 Å². The molecule has 1 atom stereocenters. The lowest BCUT2D eigenvalue weighted by atomic mass is 10.0. The Labute approximate surface area is 193 Å².